The lowest BCUT2D eigenvalue weighted by Crippen LogP contribution is -2.45. The third-order valence-electron chi connectivity index (χ3n) is 4.17. The van der Waals surface area contributed by atoms with Gasteiger partial charge in [-0.15, -0.1) is 0 Å². The van der Waals surface area contributed by atoms with Crippen LogP contribution >= 0.6 is 12.2 Å². The van der Waals surface area contributed by atoms with E-state index >= 15 is 0 Å². The summed E-state index contributed by atoms with van der Waals surface area (Å²) in [6.07, 6.45) is 2.12. The predicted molar refractivity (Wildman–Crippen MR) is 97.1 cm³/mol. The van der Waals surface area contributed by atoms with Gasteiger partial charge in [0.1, 0.15) is 11.6 Å². The summed E-state index contributed by atoms with van der Waals surface area (Å²) in [6, 6.07) is 9.59. The maximum atomic E-state index is 13.0. The summed E-state index contributed by atoms with van der Waals surface area (Å²) in [7, 11) is -3.03. The second-order valence-electron chi connectivity index (χ2n) is 6.05. The Balaban J connectivity index is 1.69. The molecule has 134 valence electrons. The van der Waals surface area contributed by atoms with Crippen molar-refractivity contribution in [3.05, 3.63) is 59.8 Å². The molecule has 0 radical (unpaired) electrons. The topological polar surface area (TPSA) is 62.6 Å². The van der Waals surface area contributed by atoms with Gasteiger partial charge in [0.2, 0.25) is 0 Å². The first-order valence-electron chi connectivity index (χ1n) is 7.95. The number of nitrogens with zero attached hydrogens (tertiary/aromatic N) is 1. The van der Waals surface area contributed by atoms with E-state index in [0.717, 1.165) is 11.3 Å². The van der Waals surface area contributed by atoms with Crippen molar-refractivity contribution in [3.8, 4) is 0 Å². The number of sulfone groups is 1. The zero-order valence-electron chi connectivity index (χ0n) is 13.5. The van der Waals surface area contributed by atoms with Crippen molar-refractivity contribution < 1.29 is 17.2 Å². The number of halogens is 1. The standard InChI is InChI=1S/C17H19FN2O3S2/c18-14-5-3-13(4-6-14)10-19-17(24)20(11-16-2-1-8-23-16)15-7-9-25(21,22)12-15/h1-6,8,15H,7,9-12H2,(H,19,24)/t15-/m1/s1. The second-order valence-corrected chi connectivity index (χ2v) is 8.66. The lowest BCUT2D eigenvalue weighted by atomic mass is 10.2. The summed E-state index contributed by atoms with van der Waals surface area (Å²) < 4.78 is 42.0. The van der Waals surface area contributed by atoms with Gasteiger partial charge in [-0.1, -0.05) is 12.1 Å². The molecule has 1 aliphatic heterocycles. The van der Waals surface area contributed by atoms with Crippen molar-refractivity contribution in [2.75, 3.05) is 11.5 Å². The summed E-state index contributed by atoms with van der Waals surface area (Å²) >= 11 is 5.49. The lowest BCUT2D eigenvalue weighted by molar-refractivity contribution is 0.294. The van der Waals surface area contributed by atoms with Gasteiger partial charge in [0, 0.05) is 12.6 Å². The SMILES string of the molecule is O=S1(=O)CC[C@@H](N(Cc2ccco2)C(=S)NCc2ccc(F)cc2)C1. The van der Waals surface area contributed by atoms with E-state index in [1.54, 1.807) is 24.5 Å². The van der Waals surface area contributed by atoms with Crippen LogP contribution in [0.2, 0.25) is 0 Å². The van der Waals surface area contributed by atoms with Gasteiger partial charge in [0.15, 0.2) is 14.9 Å². The summed E-state index contributed by atoms with van der Waals surface area (Å²) in [5, 5.41) is 3.59. The molecule has 3 rings (SSSR count). The number of hydrogen-bond donors (Lipinski definition) is 1. The molecule has 8 heteroatoms. The summed E-state index contributed by atoms with van der Waals surface area (Å²) in [5.74, 6) is 0.691. The van der Waals surface area contributed by atoms with E-state index in [0.29, 0.717) is 24.6 Å². The van der Waals surface area contributed by atoms with Gasteiger partial charge in [-0.3, -0.25) is 0 Å². The number of furan rings is 1. The van der Waals surface area contributed by atoms with E-state index < -0.39 is 9.84 Å². The van der Waals surface area contributed by atoms with Gasteiger partial charge in [0.05, 0.1) is 24.3 Å². The molecule has 5 nitrogen and oxygen atoms in total. The summed E-state index contributed by atoms with van der Waals surface area (Å²) in [5.41, 5.74) is 0.890. The summed E-state index contributed by atoms with van der Waals surface area (Å²) in [4.78, 5) is 1.86. The van der Waals surface area contributed by atoms with Crippen LogP contribution < -0.4 is 5.32 Å². The Morgan fingerprint density at radius 2 is 2.08 bits per heavy atom. The largest absolute Gasteiger partial charge is 0.467 e. The van der Waals surface area contributed by atoms with Crippen molar-refractivity contribution in [1.29, 1.82) is 0 Å². The van der Waals surface area contributed by atoms with E-state index in [1.165, 1.54) is 12.1 Å². The fourth-order valence-electron chi connectivity index (χ4n) is 2.84. The first-order chi connectivity index (χ1) is 11.9. The molecule has 1 N–H and O–H groups in total. The van der Waals surface area contributed by atoms with Crippen LogP contribution in [0.4, 0.5) is 4.39 Å². The van der Waals surface area contributed by atoms with Crippen LogP contribution in [0.5, 0.6) is 0 Å². The highest BCUT2D eigenvalue weighted by Gasteiger charge is 2.33. The van der Waals surface area contributed by atoms with Gasteiger partial charge in [-0.2, -0.15) is 0 Å². The zero-order chi connectivity index (χ0) is 17.9. The number of benzene rings is 1. The fourth-order valence-corrected chi connectivity index (χ4v) is 4.86. The first kappa shape index (κ1) is 17.9. The zero-order valence-corrected chi connectivity index (χ0v) is 15.2. The molecule has 2 aromatic rings. The minimum atomic E-state index is -3.03. The third kappa shape index (κ3) is 4.79. The smallest absolute Gasteiger partial charge is 0.169 e. The Morgan fingerprint density at radius 3 is 2.68 bits per heavy atom. The maximum Gasteiger partial charge on any atom is 0.169 e. The average molecular weight is 382 g/mol. The highest BCUT2D eigenvalue weighted by Crippen LogP contribution is 2.20. The minimum absolute atomic E-state index is 0.0894. The summed E-state index contributed by atoms with van der Waals surface area (Å²) in [6.45, 7) is 0.843. The van der Waals surface area contributed by atoms with Crippen molar-refractivity contribution in [3.63, 3.8) is 0 Å². The molecule has 0 amide bonds. The molecular weight excluding hydrogens is 363 g/mol. The van der Waals surface area contributed by atoms with E-state index in [4.69, 9.17) is 16.6 Å². The number of hydrogen-bond acceptors (Lipinski definition) is 4. The van der Waals surface area contributed by atoms with E-state index in [9.17, 15) is 12.8 Å². The minimum Gasteiger partial charge on any atom is -0.467 e. The van der Waals surface area contributed by atoms with Crippen LogP contribution in [0.1, 0.15) is 17.7 Å². The molecule has 1 saturated heterocycles. The molecule has 0 unspecified atom stereocenters. The molecule has 1 aromatic carbocycles. The van der Waals surface area contributed by atoms with Crippen molar-refractivity contribution in [2.24, 2.45) is 0 Å². The Bertz CT molecular complexity index is 820. The van der Waals surface area contributed by atoms with E-state index in [2.05, 4.69) is 5.32 Å². The first-order valence-corrected chi connectivity index (χ1v) is 10.2. The monoisotopic (exact) mass is 382 g/mol. The quantitative estimate of drug-likeness (QED) is 0.802. The van der Waals surface area contributed by atoms with E-state index in [-0.39, 0.29) is 23.4 Å². The van der Waals surface area contributed by atoms with Crippen molar-refractivity contribution in [1.82, 2.24) is 10.2 Å². The molecule has 0 bridgehead atoms. The van der Waals surface area contributed by atoms with Gasteiger partial charge >= 0.3 is 0 Å². The number of thiocarbonyl (C=S) groups is 1. The Kier molecular flexibility index (Phi) is 5.39. The average Bonchev–Trinajstić information content (AvgIpc) is 3.21. The highest BCUT2D eigenvalue weighted by molar-refractivity contribution is 7.91. The van der Waals surface area contributed by atoms with Crippen LogP contribution in [0, 0.1) is 5.82 Å². The van der Waals surface area contributed by atoms with Crippen LogP contribution in [-0.2, 0) is 22.9 Å². The van der Waals surface area contributed by atoms with Crippen LogP contribution in [0.25, 0.3) is 0 Å². The van der Waals surface area contributed by atoms with Crippen molar-refractivity contribution in [2.45, 2.75) is 25.6 Å². The molecule has 1 aliphatic rings. The third-order valence-corrected chi connectivity index (χ3v) is 6.30. The molecular formula is C17H19FN2O3S2. The maximum absolute atomic E-state index is 13.0. The Hall–Kier alpha value is -1.93. The second kappa shape index (κ2) is 7.53. The predicted octanol–water partition coefficient (Wildman–Crippen LogP) is 2.48. The molecule has 1 aromatic heterocycles. The van der Waals surface area contributed by atoms with Crippen LogP contribution in [0.3, 0.4) is 0 Å². The van der Waals surface area contributed by atoms with Gasteiger partial charge in [0.25, 0.3) is 0 Å². The molecule has 2 heterocycles. The molecule has 0 aliphatic carbocycles. The molecule has 0 saturated carbocycles. The number of rotatable bonds is 5. The van der Waals surface area contributed by atoms with Crippen molar-refractivity contribution >= 4 is 27.2 Å². The molecule has 25 heavy (non-hydrogen) atoms. The fraction of sp³-hybridized carbons (Fsp3) is 0.353. The normalized spacial score (nSPS) is 18.8. The van der Waals surface area contributed by atoms with Crippen LogP contribution in [-0.4, -0.2) is 36.0 Å². The Morgan fingerprint density at radius 1 is 1.32 bits per heavy atom. The van der Waals surface area contributed by atoms with Gasteiger partial charge in [-0.05, 0) is 48.5 Å². The van der Waals surface area contributed by atoms with Crippen LogP contribution in [0.15, 0.2) is 47.1 Å². The number of nitrogens with one attached hydrogen (secondary N) is 1. The Labute approximate surface area is 151 Å². The highest BCUT2D eigenvalue weighted by atomic mass is 32.2. The van der Waals surface area contributed by atoms with Gasteiger partial charge < -0.3 is 14.6 Å². The van der Waals surface area contributed by atoms with E-state index in [1.807, 2.05) is 11.0 Å². The molecule has 0 spiro atoms. The molecule has 1 fully saturated rings. The lowest BCUT2D eigenvalue weighted by Gasteiger charge is -2.30. The van der Waals surface area contributed by atoms with Gasteiger partial charge in [-0.25, -0.2) is 12.8 Å². The molecule has 1 atom stereocenters.